The third-order valence-electron chi connectivity index (χ3n) is 4.01. The summed E-state index contributed by atoms with van der Waals surface area (Å²) in [5.74, 6) is -0.00614. The lowest BCUT2D eigenvalue weighted by molar-refractivity contribution is -0.146. The summed E-state index contributed by atoms with van der Waals surface area (Å²) in [5.41, 5.74) is 10.9. The molecule has 9 N–H and O–H groups in total. The highest BCUT2D eigenvalue weighted by molar-refractivity contribution is 5.71. The molecular formula is C16H22N10O7. The summed E-state index contributed by atoms with van der Waals surface area (Å²) in [4.78, 5) is 43.1. The van der Waals surface area contributed by atoms with Crippen LogP contribution in [0.5, 0.6) is 0 Å². The molecular weight excluding hydrogens is 444 g/mol. The number of aromatic amines is 2. The van der Waals surface area contributed by atoms with Crippen LogP contribution in [0.2, 0.25) is 0 Å². The third kappa shape index (κ3) is 5.67. The fourth-order valence-corrected chi connectivity index (χ4v) is 2.58. The summed E-state index contributed by atoms with van der Waals surface area (Å²) >= 11 is 0. The number of nitrogen functional groups attached to an aromatic ring is 2. The van der Waals surface area contributed by atoms with E-state index in [1.165, 1.54) is 21.8 Å². The van der Waals surface area contributed by atoms with Crippen LogP contribution in [0, 0.1) is 0 Å². The second-order valence-electron chi connectivity index (χ2n) is 6.37. The molecule has 0 amide bonds. The number of hydrogen-bond donors (Lipinski definition) is 7. The number of H-pyrrole nitrogens is 2. The van der Waals surface area contributed by atoms with E-state index < -0.39 is 18.5 Å². The predicted octanol–water partition coefficient (Wildman–Crippen LogP) is -3.35. The molecule has 0 aliphatic rings. The number of aromatic nitrogens is 8. The minimum atomic E-state index is -1.30. The van der Waals surface area contributed by atoms with Gasteiger partial charge in [-0.15, -0.1) is 0 Å². The van der Waals surface area contributed by atoms with Crippen LogP contribution >= 0.6 is 0 Å². The molecule has 1 unspecified atom stereocenters. The normalized spacial score (nSPS) is 12.1. The number of aliphatic hydroxyl groups is 3. The Bertz CT molecular complexity index is 1330. The second-order valence-corrected chi connectivity index (χ2v) is 6.37. The molecule has 33 heavy (non-hydrogen) atoms. The monoisotopic (exact) mass is 466 g/mol. The minimum absolute atomic E-state index is 0.0291. The molecule has 17 heteroatoms. The lowest BCUT2D eigenvalue weighted by atomic mass is 10.5. The first-order valence-electron chi connectivity index (χ1n) is 9.34. The largest absolute Gasteiger partial charge is 0.394 e. The average Bonchev–Trinajstić information content (AvgIpc) is 3.37. The molecule has 178 valence electrons. The number of rotatable bonds is 8. The van der Waals surface area contributed by atoms with E-state index in [1.54, 1.807) is 0 Å². The standard InChI is InChI=1S/C8H11N5O4.C8H11N5O3/c9-8-11-6-5(7(16)12-8)10-2-13(6)3-17-4(15)1-14;9-8-11-6-5(7(15)12-8)10-3-13(6)4-16-2-1-14/h2,4,14-15H,1,3H2,(H3,9,11,12,16);3,14H,1-2,4H2,(H3,9,11,12,15). The molecule has 0 aromatic carbocycles. The first-order valence-corrected chi connectivity index (χ1v) is 9.34. The summed E-state index contributed by atoms with van der Waals surface area (Å²) in [6.45, 7) is -0.328. The molecule has 0 aliphatic carbocycles. The first-order chi connectivity index (χ1) is 15.8. The SMILES string of the molecule is Nc1nc2c(ncn2COC(O)CO)c(=O)[nH]1.Nc1nc2c(ncn2COCCO)c(=O)[nH]1. The molecule has 0 saturated heterocycles. The van der Waals surface area contributed by atoms with E-state index in [4.69, 9.17) is 36.3 Å². The number of hydrogen-bond acceptors (Lipinski definition) is 13. The Morgan fingerprint density at radius 3 is 1.94 bits per heavy atom. The molecule has 0 radical (unpaired) electrons. The fraction of sp³-hybridized carbons (Fsp3) is 0.375. The molecule has 17 nitrogen and oxygen atoms in total. The van der Waals surface area contributed by atoms with Crippen LogP contribution in [0.3, 0.4) is 0 Å². The zero-order valence-corrected chi connectivity index (χ0v) is 17.1. The highest BCUT2D eigenvalue weighted by Gasteiger charge is 2.11. The highest BCUT2D eigenvalue weighted by atomic mass is 16.6. The summed E-state index contributed by atoms with van der Waals surface area (Å²) in [6.07, 6.45) is 1.46. The Morgan fingerprint density at radius 2 is 1.45 bits per heavy atom. The molecule has 4 aromatic rings. The van der Waals surface area contributed by atoms with Gasteiger partial charge in [0.05, 0.1) is 32.5 Å². The minimum Gasteiger partial charge on any atom is -0.394 e. The number of aliphatic hydroxyl groups excluding tert-OH is 3. The van der Waals surface area contributed by atoms with Gasteiger partial charge in [-0.3, -0.25) is 28.7 Å². The van der Waals surface area contributed by atoms with Crippen molar-refractivity contribution in [1.29, 1.82) is 0 Å². The van der Waals surface area contributed by atoms with E-state index in [2.05, 4.69) is 29.9 Å². The van der Waals surface area contributed by atoms with E-state index in [0.717, 1.165) is 0 Å². The number of ether oxygens (including phenoxy) is 2. The summed E-state index contributed by atoms with van der Waals surface area (Å²) in [7, 11) is 0. The van der Waals surface area contributed by atoms with Gasteiger partial charge in [-0.2, -0.15) is 9.97 Å². The van der Waals surface area contributed by atoms with Crippen LogP contribution in [0.25, 0.3) is 22.3 Å². The maximum atomic E-state index is 11.4. The van der Waals surface area contributed by atoms with E-state index in [1.807, 2.05) is 0 Å². The van der Waals surface area contributed by atoms with Gasteiger partial charge >= 0.3 is 0 Å². The maximum Gasteiger partial charge on any atom is 0.280 e. The molecule has 1 atom stereocenters. The average molecular weight is 466 g/mol. The molecule has 4 rings (SSSR count). The smallest absolute Gasteiger partial charge is 0.280 e. The Labute approximate surface area is 183 Å². The lowest BCUT2D eigenvalue weighted by Gasteiger charge is -2.09. The number of imidazole rings is 2. The molecule has 4 aromatic heterocycles. The Balaban J connectivity index is 0.000000186. The van der Waals surface area contributed by atoms with Crippen molar-refractivity contribution in [3.63, 3.8) is 0 Å². The van der Waals surface area contributed by atoms with Gasteiger partial charge < -0.3 is 36.3 Å². The zero-order valence-electron chi connectivity index (χ0n) is 17.1. The molecule has 0 spiro atoms. The van der Waals surface area contributed by atoms with Crippen molar-refractivity contribution < 1.29 is 24.8 Å². The predicted molar refractivity (Wildman–Crippen MR) is 112 cm³/mol. The van der Waals surface area contributed by atoms with E-state index in [-0.39, 0.29) is 60.8 Å². The van der Waals surface area contributed by atoms with Crippen molar-refractivity contribution in [2.45, 2.75) is 19.8 Å². The van der Waals surface area contributed by atoms with Gasteiger partial charge in [-0.25, -0.2) is 9.97 Å². The van der Waals surface area contributed by atoms with Crippen LogP contribution in [-0.4, -0.2) is 80.5 Å². The van der Waals surface area contributed by atoms with Crippen LogP contribution in [0.15, 0.2) is 22.2 Å². The van der Waals surface area contributed by atoms with E-state index >= 15 is 0 Å². The van der Waals surface area contributed by atoms with Crippen LogP contribution in [-0.2, 0) is 22.9 Å². The number of nitrogens with two attached hydrogens (primary N) is 2. The summed E-state index contributed by atoms with van der Waals surface area (Å²) < 4.78 is 12.9. The topological polar surface area (TPSA) is 258 Å². The number of anilines is 2. The molecule has 0 saturated carbocycles. The van der Waals surface area contributed by atoms with Crippen molar-refractivity contribution >= 4 is 34.2 Å². The van der Waals surface area contributed by atoms with Crippen molar-refractivity contribution in [1.82, 2.24) is 39.0 Å². The molecule has 4 heterocycles. The van der Waals surface area contributed by atoms with Gasteiger partial charge in [0.2, 0.25) is 11.9 Å². The lowest BCUT2D eigenvalue weighted by Crippen LogP contribution is -2.19. The number of nitrogens with one attached hydrogen (secondary N) is 2. The molecule has 0 fully saturated rings. The molecule has 0 bridgehead atoms. The van der Waals surface area contributed by atoms with Gasteiger partial charge in [0.1, 0.15) is 13.5 Å². The van der Waals surface area contributed by atoms with Crippen molar-refractivity contribution in [3.8, 4) is 0 Å². The van der Waals surface area contributed by atoms with Gasteiger partial charge in [0.15, 0.2) is 28.6 Å². The van der Waals surface area contributed by atoms with Crippen molar-refractivity contribution in [2.24, 2.45) is 0 Å². The Morgan fingerprint density at radius 1 is 0.939 bits per heavy atom. The van der Waals surface area contributed by atoms with Gasteiger partial charge in [0, 0.05) is 0 Å². The maximum absolute atomic E-state index is 11.4. The Hall–Kier alpha value is -3.90. The third-order valence-corrected chi connectivity index (χ3v) is 4.01. The Kier molecular flexibility index (Phi) is 7.64. The van der Waals surface area contributed by atoms with Crippen LogP contribution in [0.1, 0.15) is 0 Å². The van der Waals surface area contributed by atoms with Gasteiger partial charge in [0.25, 0.3) is 11.1 Å². The molecule has 0 aliphatic heterocycles. The summed E-state index contributed by atoms with van der Waals surface area (Å²) in [5, 5.41) is 26.1. The van der Waals surface area contributed by atoms with E-state index in [0.29, 0.717) is 5.65 Å². The van der Waals surface area contributed by atoms with Crippen molar-refractivity contribution in [2.75, 3.05) is 31.3 Å². The van der Waals surface area contributed by atoms with Crippen LogP contribution < -0.4 is 22.6 Å². The van der Waals surface area contributed by atoms with Crippen molar-refractivity contribution in [3.05, 3.63) is 33.4 Å². The van der Waals surface area contributed by atoms with Gasteiger partial charge in [-0.1, -0.05) is 0 Å². The zero-order chi connectivity index (χ0) is 24.0. The van der Waals surface area contributed by atoms with Crippen LogP contribution in [0.4, 0.5) is 11.9 Å². The fourth-order valence-electron chi connectivity index (χ4n) is 2.58. The number of fused-ring (bicyclic) bond motifs is 2. The van der Waals surface area contributed by atoms with E-state index in [9.17, 15) is 9.59 Å². The van der Waals surface area contributed by atoms with Gasteiger partial charge in [-0.05, 0) is 0 Å². The summed E-state index contributed by atoms with van der Waals surface area (Å²) in [6, 6.07) is 0. The number of nitrogens with zero attached hydrogens (tertiary/aromatic N) is 6. The second kappa shape index (κ2) is 10.6. The first kappa shape index (κ1) is 23.8. The quantitative estimate of drug-likeness (QED) is 0.0990. The highest BCUT2D eigenvalue weighted by Crippen LogP contribution is 2.07.